The van der Waals surface area contributed by atoms with Crippen molar-refractivity contribution in [1.82, 2.24) is 9.88 Å². The highest BCUT2D eigenvalue weighted by molar-refractivity contribution is 7.93. The number of hydrogen-bond donors (Lipinski definition) is 2. The van der Waals surface area contributed by atoms with E-state index in [4.69, 9.17) is 23.2 Å². The fraction of sp³-hybridized carbons (Fsp3) is 0.300. The standard InChI is InChI=1S/C20H21Cl2N3O4S2/c1-25-10-8-14(9-11-25)30(26,27)13-2-4-15(5-3-13)31(28,29)24-18-7-6-16(21)19-17(22)12-23-20(18)19/h2-7,12,14,23-24H,8-11H2,1H3. The highest BCUT2D eigenvalue weighted by atomic mass is 35.5. The summed E-state index contributed by atoms with van der Waals surface area (Å²) in [6.45, 7) is 1.44. The van der Waals surface area contributed by atoms with Crippen molar-refractivity contribution in [3.05, 3.63) is 52.6 Å². The number of likely N-dealkylation sites (tertiary alicyclic amines) is 1. The topological polar surface area (TPSA) is 99.3 Å². The highest BCUT2D eigenvalue weighted by Crippen LogP contribution is 2.35. The predicted octanol–water partition coefficient (Wildman–Crippen LogP) is 4.14. The van der Waals surface area contributed by atoms with Gasteiger partial charge in [0, 0.05) is 11.6 Å². The van der Waals surface area contributed by atoms with E-state index in [1.807, 2.05) is 7.05 Å². The molecule has 0 atom stereocenters. The molecule has 3 aromatic rings. The maximum absolute atomic E-state index is 12.9. The molecule has 11 heteroatoms. The molecule has 1 aromatic heterocycles. The second-order valence-electron chi connectivity index (χ2n) is 7.61. The molecule has 2 aromatic carbocycles. The Labute approximate surface area is 191 Å². The smallest absolute Gasteiger partial charge is 0.261 e. The maximum Gasteiger partial charge on any atom is 0.261 e. The zero-order chi connectivity index (χ0) is 22.4. The third-order valence-electron chi connectivity index (χ3n) is 5.55. The van der Waals surface area contributed by atoms with Gasteiger partial charge in [0.2, 0.25) is 0 Å². The first-order chi connectivity index (χ1) is 14.6. The van der Waals surface area contributed by atoms with E-state index in [9.17, 15) is 16.8 Å². The van der Waals surface area contributed by atoms with Crippen molar-refractivity contribution in [1.29, 1.82) is 0 Å². The van der Waals surface area contributed by atoms with Gasteiger partial charge in [-0.15, -0.1) is 0 Å². The SMILES string of the molecule is CN1CCC(S(=O)(=O)c2ccc(S(=O)(=O)Nc3ccc(Cl)c4c(Cl)c[nH]c34)cc2)CC1. The molecule has 0 spiro atoms. The monoisotopic (exact) mass is 501 g/mol. The minimum atomic E-state index is -3.96. The van der Waals surface area contributed by atoms with E-state index in [1.165, 1.54) is 36.5 Å². The van der Waals surface area contributed by atoms with Crippen molar-refractivity contribution >= 4 is 59.7 Å². The van der Waals surface area contributed by atoms with E-state index in [1.54, 1.807) is 6.07 Å². The lowest BCUT2D eigenvalue weighted by Gasteiger charge is -2.28. The first-order valence-corrected chi connectivity index (χ1v) is 13.4. The number of benzene rings is 2. The quantitative estimate of drug-likeness (QED) is 0.547. The molecule has 0 radical (unpaired) electrons. The fourth-order valence-corrected chi connectivity index (χ4v) is 7.12. The summed E-state index contributed by atoms with van der Waals surface area (Å²) in [5, 5.41) is 0.838. The van der Waals surface area contributed by atoms with Gasteiger partial charge in [0.25, 0.3) is 10.0 Å². The number of fused-ring (bicyclic) bond motifs is 1. The van der Waals surface area contributed by atoms with Crippen molar-refractivity contribution in [2.24, 2.45) is 0 Å². The van der Waals surface area contributed by atoms with Crippen molar-refractivity contribution in [3.8, 4) is 0 Å². The average molecular weight is 502 g/mol. The second kappa shape index (κ2) is 8.29. The van der Waals surface area contributed by atoms with Crippen LogP contribution in [0.1, 0.15) is 12.8 Å². The van der Waals surface area contributed by atoms with Crippen LogP contribution in [0.25, 0.3) is 10.9 Å². The summed E-state index contributed by atoms with van der Waals surface area (Å²) in [4.78, 5) is 5.09. The Morgan fingerprint density at radius 1 is 0.935 bits per heavy atom. The molecule has 2 N–H and O–H groups in total. The molecule has 1 aliphatic heterocycles. The molecule has 2 heterocycles. The Morgan fingerprint density at radius 2 is 1.55 bits per heavy atom. The average Bonchev–Trinajstić information content (AvgIpc) is 3.13. The van der Waals surface area contributed by atoms with E-state index in [0.29, 0.717) is 33.8 Å². The molecule has 0 unspecified atom stereocenters. The largest absolute Gasteiger partial charge is 0.358 e. The van der Waals surface area contributed by atoms with E-state index in [-0.39, 0.29) is 15.5 Å². The predicted molar refractivity (Wildman–Crippen MR) is 123 cm³/mol. The summed E-state index contributed by atoms with van der Waals surface area (Å²) in [5.74, 6) is 0. The molecular formula is C20H21Cl2N3O4S2. The Balaban J connectivity index is 1.60. The van der Waals surface area contributed by atoms with Crippen LogP contribution in [0.15, 0.2) is 52.4 Å². The van der Waals surface area contributed by atoms with Crippen LogP contribution in [-0.4, -0.2) is 52.1 Å². The van der Waals surface area contributed by atoms with Crippen LogP contribution in [0.4, 0.5) is 5.69 Å². The molecule has 1 aliphatic rings. The van der Waals surface area contributed by atoms with Gasteiger partial charge in [0.15, 0.2) is 9.84 Å². The van der Waals surface area contributed by atoms with Crippen LogP contribution in [0.5, 0.6) is 0 Å². The molecule has 1 saturated heterocycles. The number of sulfone groups is 1. The molecule has 1 fully saturated rings. The van der Waals surface area contributed by atoms with Crippen molar-refractivity contribution in [3.63, 3.8) is 0 Å². The first-order valence-electron chi connectivity index (χ1n) is 9.60. The number of aromatic amines is 1. The van der Waals surface area contributed by atoms with E-state index in [0.717, 1.165) is 13.1 Å². The van der Waals surface area contributed by atoms with E-state index >= 15 is 0 Å². The molecule has 4 rings (SSSR count). The van der Waals surface area contributed by atoms with Crippen LogP contribution in [0.2, 0.25) is 10.0 Å². The summed E-state index contributed by atoms with van der Waals surface area (Å²) in [5.41, 5.74) is 0.747. The maximum atomic E-state index is 12.9. The van der Waals surface area contributed by atoms with Gasteiger partial charge in [-0.05, 0) is 69.4 Å². The first kappa shape index (κ1) is 22.4. The van der Waals surface area contributed by atoms with Gasteiger partial charge in [0.1, 0.15) is 0 Å². The fourth-order valence-electron chi connectivity index (χ4n) is 3.75. The molecule has 0 aliphatic carbocycles. The van der Waals surface area contributed by atoms with Gasteiger partial charge in [-0.1, -0.05) is 23.2 Å². The lowest BCUT2D eigenvalue weighted by Crippen LogP contribution is -2.37. The number of piperidine rings is 1. The Morgan fingerprint density at radius 3 is 2.19 bits per heavy atom. The van der Waals surface area contributed by atoms with Crippen molar-refractivity contribution in [2.75, 3.05) is 24.9 Å². The molecule has 0 amide bonds. The Bertz CT molecular complexity index is 1330. The number of sulfonamides is 1. The Kier molecular flexibility index (Phi) is 5.99. The summed E-state index contributed by atoms with van der Waals surface area (Å²) in [6, 6.07) is 8.40. The van der Waals surface area contributed by atoms with Crippen LogP contribution in [-0.2, 0) is 19.9 Å². The minimum Gasteiger partial charge on any atom is -0.358 e. The summed E-state index contributed by atoms with van der Waals surface area (Å²) < 4.78 is 54.1. The van der Waals surface area contributed by atoms with Gasteiger partial charge in [-0.3, -0.25) is 4.72 Å². The lowest BCUT2D eigenvalue weighted by molar-refractivity contribution is 0.277. The number of rotatable bonds is 5. The third kappa shape index (κ3) is 4.29. The second-order valence-corrected chi connectivity index (χ2v) is 12.3. The highest BCUT2D eigenvalue weighted by Gasteiger charge is 2.30. The van der Waals surface area contributed by atoms with E-state index in [2.05, 4.69) is 14.6 Å². The van der Waals surface area contributed by atoms with Gasteiger partial charge in [-0.25, -0.2) is 16.8 Å². The number of halogens is 2. The van der Waals surface area contributed by atoms with Crippen LogP contribution >= 0.6 is 23.2 Å². The number of hydrogen-bond acceptors (Lipinski definition) is 5. The minimum absolute atomic E-state index is 0.0458. The van der Waals surface area contributed by atoms with Crippen molar-refractivity contribution < 1.29 is 16.8 Å². The molecule has 166 valence electrons. The normalized spacial score (nSPS) is 16.6. The molecule has 0 saturated carbocycles. The van der Waals surface area contributed by atoms with Gasteiger partial charge < -0.3 is 9.88 Å². The zero-order valence-electron chi connectivity index (χ0n) is 16.6. The Hall–Kier alpha value is -1.78. The van der Waals surface area contributed by atoms with Gasteiger partial charge >= 0.3 is 0 Å². The number of aromatic nitrogens is 1. The van der Waals surface area contributed by atoms with Crippen molar-refractivity contribution in [2.45, 2.75) is 27.9 Å². The molecule has 0 bridgehead atoms. The summed E-state index contributed by atoms with van der Waals surface area (Å²) in [7, 11) is -5.51. The van der Waals surface area contributed by atoms with E-state index < -0.39 is 25.1 Å². The van der Waals surface area contributed by atoms with Crippen LogP contribution in [0.3, 0.4) is 0 Å². The molecule has 31 heavy (non-hydrogen) atoms. The van der Waals surface area contributed by atoms with Gasteiger partial charge in [-0.2, -0.15) is 0 Å². The molecular weight excluding hydrogens is 481 g/mol. The number of nitrogens with zero attached hydrogens (tertiary/aromatic N) is 1. The van der Waals surface area contributed by atoms with Gasteiger partial charge in [0.05, 0.1) is 36.3 Å². The third-order valence-corrected chi connectivity index (χ3v) is 9.82. The zero-order valence-corrected chi connectivity index (χ0v) is 19.7. The summed E-state index contributed by atoms with van der Waals surface area (Å²) >= 11 is 12.3. The lowest BCUT2D eigenvalue weighted by atomic mass is 10.1. The molecule has 7 nitrogen and oxygen atoms in total. The van der Waals surface area contributed by atoms with Crippen LogP contribution in [0, 0.1) is 0 Å². The number of H-pyrrole nitrogens is 1. The summed E-state index contributed by atoms with van der Waals surface area (Å²) in [6.07, 6.45) is 2.65. The number of anilines is 1. The van der Waals surface area contributed by atoms with Crippen LogP contribution < -0.4 is 4.72 Å². The number of nitrogens with one attached hydrogen (secondary N) is 2.